The quantitative estimate of drug-likeness (QED) is 0.555. The minimum Gasteiger partial charge on any atom is -0.393 e. The second-order valence-corrected chi connectivity index (χ2v) is 6.26. The van der Waals surface area contributed by atoms with E-state index in [0.29, 0.717) is 0 Å². The van der Waals surface area contributed by atoms with Gasteiger partial charge in [0, 0.05) is 23.7 Å². The molecular weight excluding hydrogens is 244 g/mol. The van der Waals surface area contributed by atoms with Crippen LogP contribution in [0.25, 0.3) is 0 Å². The molecule has 19 heavy (non-hydrogen) atoms. The van der Waals surface area contributed by atoms with E-state index in [1.807, 2.05) is 19.9 Å². The molecule has 3 fully saturated rings. The predicted octanol–water partition coefficient (Wildman–Crippen LogP) is 0.653. The van der Waals surface area contributed by atoms with Crippen LogP contribution in [0, 0.1) is 23.7 Å². The van der Waals surface area contributed by atoms with Crippen LogP contribution in [0.3, 0.4) is 0 Å². The van der Waals surface area contributed by atoms with Gasteiger partial charge in [-0.05, 0) is 13.8 Å². The van der Waals surface area contributed by atoms with Gasteiger partial charge >= 0.3 is 0 Å². The molecule has 1 aliphatic heterocycles. The van der Waals surface area contributed by atoms with Crippen LogP contribution in [0.15, 0.2) is 23.3 Å². The highest BCUT2D eigenvalue weighted by atomic mass is 16.6. The number of aliphatic hydroxyl groups is 1. The van der Waals surface area contributed by atoms with E-state index in [1.165, 1.54) is 11.1 Å². The minimum atomic E-state index is -1.21. The van der Waals surface area contributed by atoms with Crippen LogP contribution in [-0.4, -0.2) is 35.0 Å². The third-order valence-electron chi connectivity index (χ3n) is 5.22. The number of hydrogen-bond acceptors (Lipinski definition) is 4. The van der Waals surface area contributed by atoms with Crippen molar-refractivity contribution in [3.63, 3.8) is 0 Å². The number of hydrogen-bond donors (Lipinski definition) is 1. The maximum absolute atomic E-state index is 12.6. The van der Waals surface area contributed by atoms with Gasteiger partial charge in [-0.2, -0.15) is 0 Å². The Morgan fingerprint density at radius 3 is 2.47 bits per heavy atom. The average Bonchev–Trinajstić information content (AvgIpc) is 2.88. The summed E-state index contributed by atoms with van der Waals surface area (Å²) in [6.07, 6.45) is 3.42. The van der Waals surface area contributed by atoms with Gasteiger partial charge < -0.3 is 9.84 Å². The molecule has 4 nitrogen and oxygen atoms in total. The predicted molar refractivity (Wildman–Crippen MR) is 66.2 cm³/mol. The molecule has 1 saturated heterocycles. The van der Waals surface area contributed by atoms with Gasteiger partial charge in [0.1, 0.15) is 0 Å². The Morgan fingerprint density at radius 1 is 1.26 bits per heavy atom. The van der Waals surface area contributed by atoms with Crippen molar-refractivity contribution in [1.29, 1.82) is 0 Å². The lowest BCUT2D eigenvalue weighted by molar-refractivity contribution is -0.139. The summed E-state index contributed by atoms with van der Waals surface area (Å²) in [5.41, 5.74) is 1.22. The molecule has 1 heterocycles. The lowest BCUT2D eigenvalue weighted by Crippen LogP contribution is -2.50. The minimum absolute atomic E-state index is 0.00856. The molecule has 0 aromatic heterocycles. The van der Waals surface area contributed by atoms with Crippen molar-refractivity contribution < 1.29 is 19.4 Å². The molecule has 0 unspecified atom stereocenters. The zero-order valence-electron chi connectivity index (χ0n) is 10.9. The molecule has 0 aromatic rings. The lowest BCUT2D eigenvalue weighted by Gasteiger charge is -2.30. The summed E-state index contributed by atoms with van der Waals surface area (Å²) in [5.74, 6) is -0.547. The third kappa shape index (κ3) is 1.09. The Labute approximate surface area is 111 Å². The van der Waals surface area contributed by atoms with Crippen LogP contribution < -0.4 is 0 Å². The second kappa shape index (κ2) is 3.25. The number of carbonyl (C=O) groups excluding carboxylic acids is 2. The van der Waals surface area contributed by atoms with Crippen LogP contribution in [0.1, 0.15) is 13.8 Å². The molecule has 2 saturated carbocycles. The third-order valence-corrected chi connectivity index (χ3v) is 5.22. The van der Waals surface area contributed by atoms with Crippen molar-refractivity contribution >= 4 is 11.6 Å². The Bertz CT molecular complexity index is 569. The van der Waals surface area contributed by atoms with Crippen molar-refractivity contribution in [2.75, 3.05) is 6.61 Å². The van der Waals surface area contributed by atoms with Gasteiger partial charge in [-0.1, -0.05) is 23.3 Å². The Morgan fingerprint density at radius 2 is 1.89 bits per heavy atom. The Balaban J connectivity index is 1.85. The van der Waals surface area contributed by atoms with Gasteiger partial charge in [-0.25, -0.2) is 0 Å². The topological polar surface area (TPSA) is 66.9 Å². The van der Waals surface area contributed by atoms with E-state index < -0.39 is 11.7 Å². The molecule has 3 aliphatic carbocycles. The van der Waals surface area contributed by atoms with Crippen LogP contribution >= 0.6 is 0 Å². The van der Waals surface area contributed by atoms with Gasteiger partial charge in [0.15, 0.2) is 23.3 Å². The molecular formula is C15H16O4. The smallest absolute Gasteiger partial charge is 0.183 e. The zero-order valence-corrected chi connectivity index (χ0v) is 10.9. The molecule has 4 rings (SSSR count). The second-order valence-electron chi connectivity index (χ2n) is 6.26. The van der Waals surface area contributed by atoms with Gasteiger partial charge in [-0.15, -0.1) is 0 Å². The molecule has 0 aromatic carbocycles. The van der Waals surface area contributed by atoms with Crippen molar-refractivity contribution in [3.8, 4) is 0 Å². The summed E-state index contributed by atoms with van der Waals surface area (Å²) < 4.78 is 5.30. The fraction of sp³-hybridized carbons (Fsp3) is 0.600. The van der Waals surface area contributed by atoms with E-state index in [-0.39, 0.29) is 41.8 Å². The van der Waals surface area contributed by atoms with E-state index in [1.54, 1.807) is 0 Å². The summed E-state index contributed by atoms with van der Waals surface area (Å²) in [6, 6.07) is 0. The number of Topliss-reactive ketones (excluding diaryl/α,β-unsaturated/α-hetero) is 2. The summed E-state index contributed by atoms with van der Waals surface area (Å²) in [7, 11) is 0. The zero-order chi connectivity index (χ0) is 13.5. The van der Waals surface area contributed by atoms with Gasteiger partial charge in [0.2, 0.25) is 0 Å². The normalized spacial score (nSPS) is 49.4. The van der Waals surface area contributed by atoms with Crippen molar-refractivity contribution in [2.45, 2.75) is 25.6 Å². The monoisotopic (exact) mass is 260 g/mol. The first kappa shape index (κ1) is 11.6. The molecule has 0 amide bonds. The SMILES string of the molecule is CC(C)=C1[C@H]2C=C[C@@H]1[C@H]1C(=O)[C@H]3O[C@]3(CO)C(=O)[C@@H]12. The largest absolute Gasteiger partial charge is 0.393 e. The number of aliphatic hydroxyl groups excluding tert-OH is 1. The number of fused-ring (bicyclic) bond motifs is 6. The lowest BCUT2D eigenvalue weighted by atomic mass is 9.68. The molecule has 1 N–H and O–H groups in total. The van der Waals surface area contributed by atoms with E-state index in [9.17, 15) is 14.7 Å². The van der Waals surface area contributed by atoms with Crippen LogP contribution in [0.5, 0.6) is 0 Å². The fourth-order valence-electron chi connectivity index (χ4n) is 4.40. The van der Waals surface area contributed by atoms with Gasteiger partial charge in [0.25, 0.3) is 0 Å². The van der Waals surface area contributed by atoms with Crippen LogP contribution in [-0.2, 0) is 14.3 Å². The summed E-state index contributed by atoms with van der Waals surface area (Å²) in [5, 5.41) is 9.42. The molecule has 100 valence electrons. The van der Waals surface area contributed by atoms with E-state index in [4.69, 9.17) is 4.74 Å². The fourth-order valence-corrected chi connectivity index (χ4v) is 4.40. The summed E-state index contributed by atoms with van der Waals surface area (Å²) in [4.78, 5) is 25.1. The molecule has 4 heteroatoms. The van der Waals surface area contributed by atoms with Gasteiger partial charge in [0.05, 0.1) is 6.61 Å². The summed E-state index contributed by atoms with van der Waals surface area (Å²) in [6.45, 7) is 3.69. The van der Waals surface area contributed by atoms with E-state index in [0.717, 1.165) is 0 Å². The Kier molecular flexibility index (Phi) is 1.97. The molecule has 0 radical (unpaired) electrons. The molecule has 6 atom stereocenters. The first-order valence-corrected chi connectivity index (χ1v) is 6.75. The van der Waals surface area contributed by atoms with E-state index in [2.05, 4.69) is 6.08 Å². The highest BCUT2D eigenvalue weighted by Crippen LogP contribution is 2.61. The number of allylic oxidation sites excluding steroid dienone is 4. The standard InChI is InChI=1S/C15H16O4/c1-6(2)9-7-3-4-8(9)11-10(7)12(17)14-15(5-16,19-14)13(11)18/h3-4,7-8,10-11,14,16H,5H2,1-2H3/t7-,8+,10+,11+,14+,15+/m0/s1. The van der Waals surface area contributed by atoms with E-state index >= 15 is 0 Å². The number of epoxide rings is 1. The number of carbonyl (C=O) groups is 2. The van der Waals surface area contributed by atoms with Crippen LogP contribution in [0.2, 0.25) is 0 Å². The van der Waals surface area contributed by atoms with Gasteiger partial charge in [-0.3, -0.25) is 9.59 Å². The number of rotatable bonds is 1. The summed E-state index contributed by atoms with van der Waals surface area (Å²) >= 11 is 0. The number of ketones is 2. The van der Waals surface area contributed by atoms with Crippen molar-refractivity contribution in [1.82, 2.24) is 0 Å². The average molecular weight is 260 g/mol. The molecule has 0 spiro atoms. The highest BCUT2D eigenvalue weighted by molar-refractivity contribution is 6.10. The molecule has 4 aliphatic rings. The van der Waals surface area contributed by atoms with Crippen LogP contribution in [0.4, 0.5) is 0 Å². The maximum Gasteiger partial charge on any atom is 0.183 e. The number of ether oxygens (including phenoxy) is 1. The first-order chi connectivity index (χ1) is 9.03. The molecule has 2 bridgehead atoms. The Hall–Kier alpha value is -1.26. The van der Waals surface area contributed by atoms with Crippen molar-refractivity contribution in [3.05, 3.63) is 23.3 Å². The maximum atomic E-state index is 12.6. The highest BCUT2D eigenvalue weighted by Gasteiger charge is 2.75. The first-order valence-electron chi connectivity index (χ1n) is 6.75. The van der Waals surface area contributed by atoms with Crippen molar-refractivity contribution in [2.24, 2.45) is 23.7 Å².